The Bertz CT molecular complexity index is 763. The number of amides is 2. The van der Waals surface area contributed by atoms with Crippen LogP contribution in [0.4, 0.5) is 16.5 Å². The fourth-order valence-electron chi connectivity index (χ4n) is 2.72. The van der Waals surface area contributed by atoms with Crippen molar-refractivity contribution in [3.63, 3.8) is 0 Å². The Morgan fingerprint density at radius 3 is 2.67 bits per heavy atom. The fraction of sp³-hybridized carbons (Fsp3) is 0.438. The molecule has 1 saturated heterocycles. The third-order valence-electron chi connectivity index (χ3n) is 4.14. The van der Waals surface area contributed by atoms with Gasteiger partial charge in [0.05, 0.1) is 5.92 Å². The molecule has 2 N–H and O–H groups in total. The predicted molar refractivity (Wildman–Crippen MR) is 89.3 cm³/mol. The van der Waals surface area contributed by atoms with Gasteiger partial charge in [-0.3, -0.25) is 4.79 Å². The van der Waals surface area contributed by atoms with Gasteiger partial charge in [0, 0.05) is 32.9 Å². The molecule has 0 spiro atoms. The normalized spacial score (nSPS) is 15.5. The van der Waals surface area contributed by atoms with Gasteiger partial charge in [-0.2, -0.15) is 4.98 Å². The zero-order valence-electron chi connectivity index (χ0n) is 13.7. The molecule has 0 aliphatic carbocycles. The average Bonchev–Trinajstić information content (AvgIpc) is 2.98. The van der Waals surface area contributed by atoms with Gasteiger partial charge < -0.3 is 24.6 Å². The Morgan fingerprint density at radius 2 is 2.04 bits per heavy atom. The summed E-state index contributed by atoms with van der Waals surface area (Å²) in [4.78, 5) is 31.0. The lowest BCUT2D eigenvalue weighted by Gasteiger charge is -2.30. The standard InChI is InChI=1S/C16H20N4O4/c1-19(2)16-18-12-9-11(3-4-13(12)24-16)17-15(23)20-7-5-10(6-8-20)14(21)22/h3-4,9-10H,5-8H2,1-2H3,(H,17,23)(H,21,22). The Labute approximate surface area is 139 Å². The van der Waals surface area contributed by atoms with Crippen LogP contribution in [-0.4, -0.2) is 54.2 Å². The largest absolute Gasteiger partial charge is 0.481 e. The van der Waals surface area contributed by atoms with Crippen molar-refractivity contribution in [2.24, 2.45) is 5.92 Å². The van der Waals surface area contributed by atoms with Crippen LogP contribution in [0.2, 0.25) is 0 Å². The lowest BCUT2D eigenvalue weighted by Crippen LogP contribution is -2.42. The van der Waals surface area contributed by atoms with Crippen molar-refractivity contribution in [1.29, 1.82) is 0 Å². The predicted octanol–water partition coefficient (Wildman–Crippen LogP) is 2.22. The minimum atomic E-state index is -0.789. The molecule has 0 atom stereocenters. The number of nitrogens with zero attached hydrogens (tertiary/aromatic N) is 3. The Kier molecular flexibility index (Phi) is 4.28. The number of likely N-dealkylation sites (tertiary alicyclic amines) is 1. The highest BCUT2D eigenvalue weighted by atomic mass is 16.4. The van der Waals surface area contributed by atoms with Gasteiger partial charge >= 0.3 is 12.0 Å². The molecule has 2 amide bonds. The van der Waals surface area contributed by atoms with Crippen LogP contribution in [0.25, 0.3) is 11.1 Å². The number of rotatable bonds is 3. The van der Waals surface area contributed by atoms with Crippen LogP contribution in [0.15, 0.2) is 22.6 Å². The second kappa shape index (κ2) is 6.38. The van der Waals surface area contributed by atoms with Crippen molar-refractivity contribution < 1.29 is 19.1 Å². The van der Waals surface area contributed by atoms with E-state index in [1.807, 2.05) is 14.1 Å². The van der Waals surface area contributed by atoms with E-state index in [0.29, 0.717) is 48.7 Å². The SMILES string of the molecule is CN(C)c1nc2cc(NC(=O)N3CCC(C(=O)O)CC3)ccc2o1. The van der Waals surface area contributed by atoms with E-state index >= 15 is 0 Å². The van der Waals surface area contributed by atoms with Crippen LogP contribution in [0.3, 0.4) is 0 Å². The molecule has 2 heterocycles. The Morgan fingerprint density at radius 1 is 1.33 bits per heavy atom. The van der Waals surface area contributed by atoms with E-state index in [1.165, 1.54) is 0 Å². The molecule has 8 nitrogen and oxygen atoms in total. The number of carbonyl (C=O) groups excluding carboxylic acids is 1. The number of carbonyl (C=O) groups is 2. The smallest absolute Gasteiger partial charge is 0.321 e. The molecule has 8 heteroatoms. The van der Waals surface area contributed by atoms with Crippen LogP contribution in [0.5, 0.6) is 0 Å². The molecule has 24 heavy (non-hydrogen) atoms. The summed E-state index contributed by atoms with van der Waals surface area (Å²) in [6, 6.07) is 5.56. The third kappa shape index (κ3) is 3.27. The van der Waals surface area contributed by atoms with Gasteiger partial charge in [0.15, 0.2) is 5.58 Å². The van der Waals surface area contributed by atoms with Crippen LogP contribution >= 0.6 is 0 Å². The lowest BCUT2D eigenvalue weighted by molar-refractivity contribution is -0.143. The zero-order chi connectivity index (χ0) is 17.3. The van der Waals surface area contributed by atoms with Gasteiger partial charge in [-0.25, -0.2) is 4.79 Å². The number of aliphatic carboxylic acids is 1. The first-order chi connectivity index (χ1) is 11.4. The highest BCUT2D eigenvalue weighted by molar-refractivity contribution is 5.92. The minimum Gasteiger partial charge on any atom is -0.481 e. The number of urea groups is 1. The highest BCUT2D eigenvalue weighted by Crippen LogP contribution is 2.24. The van der Waals surface area contributed by atoms with Crippen molar-refractivity contribution in [3.05, 3.63) is 18.2 Å². The number of hydrogen-bond donors (Lipinski definition) is 2. The molecule has 0 unspecified atom stereocenters. The number of aromatic nitrogens is 1. The van der Waals surface area contributed by atoms with Crippen LogP contribution in [0, 0.1) is 5.92 Å². The maximum Gasteiger partial charge on any atom is 0.321 e. The second-order valence-electron chi connectivity index (χ2n) is 6.10. The number of nitrogens with one attached hydrogen (secondary N) is 1. The van der Waals surface area contributed by atoms with Crippen LogP contribution in [0.1, 0.15) is 12.8 Å². The van der Waals surface area contributed by atoms with Gasteiger partial charge in [-0.05, 0) is 31.0 Å². The summed E-state index contributed by atoms with van der Waals surface area (Å²) in [5.74, 6) is -1.15. The van der Waals surface area contributed by atoms with Crippen molar-refractivity contribution in [1.82, 2.24) is 9.88 Å². The monoisotopic (exact) mass is 332 g/mol. The molecule has 0 radical (unpaired) electrons. The number of carboxylic acids is 1. The summed E-state index contributed by atoms with van der Waals surface area (Å²) >= 11 is 0. The Hall–Kier alpha value is -2.77. The first kappa shape index (κ1) is 16.1. The molecule has 128 valence electrons. The van der Waals surface area contributed by atoms with E-state index in [2.05, 4.69) is 10.3 Å². The topological polar surface area (TPSA) is 98.9 Å². The van der Waals surface area contributed by atoms with Gasteiger partial charge in [0.2, 0.25) is 0 Å². The van der Waals surface area contributed by atoms with E-state index in [9.17, 15) is 9.59 Å². The summed E-state index contributed by atoms with van der Waals surface area (Å²) in [7, 11) is 3.68. The fourth-order valence-corrected chi connectivity index (χ4v) is 2.72. The molecule has 0 saturated carbocycles. The summed E-state index contributed by atoms with van der Waals surface area (Å²) in [5.41, 5.74) is 1.95. The summed E-state index contributed by atoms with van der Waals surface area (Å²) in [6.45, 7) is 0.888. The van der Waals surface area contributed by atoms with Crippen LogP contribution < -0.4 is 10.2 Å². The number of benzene rings is 1. The number of fused-ring (bicyclic) bond motifs is 1. The first-order valence-electron chi connectivity index (χ1n) is 7.80. The number of anilines is 2. The van der Waals surface area contributed by atoms with Crippen molar-refractivity contribution in [2.45, 2.75) is 12.8 Å². The van der Waals surface area contributed by atoms with E-state index in [0.717, 1.165) is 0 Å². The molecule has 1 aromatic heterocycles. The molecular weight excluding hydrogens is 312 g/mol. The van der Waals surface area contributed by atoms with Gasteiger partial charge in [-0.1, -0.05) is 0 Å². The third-order valence-corrected chi connectivity index (χ3v) is 4.14. The lowest BCUT2D eigenvalue weighted by atomic mass is 9.97. The maximum absolute atomic E-state index is 12.3. The molecule has 2 aromatic rings. The molecule has 0 bridgehead atoms. The molecule has 1 fully saturated rings. The summed E-state index contributed by atoms with van der Waals surface area (Å²) < 4.78 is 5.58. The van der Waals surface area contributed by atoms with Crippen LogP contribution in [-0.2, 0) is 4.79 Å². The minimum absolute atomic E-state index is 0.227. The molecule has 1 aromatic carbocycles. The van der Waals surface area contributed by atoms with E-state index in [4.69, 9.17) is 9.52 Å². The Balaban J connectivity index is 1.66. The summed E-state index contributed by atoms with van der Waals surface area (Å²) in [6.07, 6.45) is 0.967. The van der Waals surface area contributed by atoms with E-state index < -0.39 is 5.97 Å². The molecule has 1 aliphatic heterocycles. The van der Waals surface area contributed by atoms with Gasteiger partial charge in [0.1, 0.15) is 5.52 Å². The summed E-state index contributed by atoms with van der Waals surface area (Å²) in [5, 5.41) is 11.8. The number of oxazole rings is 1. The van der Waals surface area contributed by atoms with Crippen molar-refractivity contribution in [3.8, 4) is 0 Å². The van der Waals surface area contributed by atoms with Gasteiger partial charge in [-0.15, -0.1) is 0 Å². The second-order valence-corrected chi connectivity index (χ2v) is 6.10. The quantitative estimate of drug-likeness (QED) is 0.894. The molecular formula is C16H20N4O4. The first-order valence-corrected chi connectivity index (χ1v) is 7.80. The van der Waals surface area contributed by atoms with Crippen molar-refractivity contribution >= 4 is 34.8 Å². The van der Waals surface area contributed by atoms with Crippen molar-refractivity contribution in [2.75, 3.05) is 37.4 Å². The van der Waals surface area contributed by atoms with Gasteiger partial charge in [0.25, 0.3) is 6.01 Å². The molecule has 1 aliphatic rings. The van der Waals surface area contributed by atoms with E-state index in [-0.39, 0.29) is 11.9 Å². The number of carboxylic acid groups (broad SMARTS) is 1. The molecule has 3 rings (SSSR count). The zero-order valence-corrected chi connectivity index (χ0v) is 13.7. The number of hydrogen-bond acceptors (Lipinski definition) is 5. The average molecular weight is 332 g/mol. The number of piperidine rings is 1. The van der Waals surface area contributed by atoms with E-state index in [1.54, 1.807) is 28.0 Å². The maximum atomic E-state index is 12.3. The highest BCUT2D eigenvalue weighted by Gasteiger charge is 2.27.